The molecule has 0 heterocycles. The van der Waals surface area contributed by atoms with Crippen LogP contribution in [0.3, 0.4) is 0 Å². The van der Waals surface area contributed by atoms with Gasteiger partial charge in [-0.05, 0) is 26.2 Å². The molecular formula is C9H19BrO. The average molecular weight is 223 g/mol. The fourth-order valence-electron chi connectivity index (χ4n) is 0.975. The van der Waals surface area contributed by atoms with Crippen molar-refractivity contribution in [1.29, 1.82) is 0 Å². The molecule has 11 heavy (non-hydrogen) atoms. The van der Waals surface area contributed by atoms with Gasteiger partial charge in [-0.2, -0.15) is 0 Å². The van der Waals surface area contributed by atoms with Gasteiger partial charge in [-0.3, -0.25) is 0 Å². The van der Waals surface area contributed by atoms with Crippen molar-refractivity contribution in [2.75, 3.05) is 7.11 Å². The maximum absolute atomic E-state index is 5.39. The van der Waals surface area contributed by atoms with E-state index in [1.54, 1.807) is 7.11 Å². The van der Waals surface area contributed by atoms with Crippen LogP contribution in [0.25, 0.3) is 0 Å². The third kappa shape index (κ3) is 3.12. The van der Waals surface area contributed by atoms with Gasteiger partial charge in [-0.25, -0.2) is 0 Å². The molecule has 0 aliphatic heterocycles. The van der Waals surface area contributed by atoms with E-state index in [1.165, 1.54) is 0 Å². The van der Waals surface area contributed by atoms with E-state index in [-0.39, 0.29) is 5.60 Å². The molecule has 2 atom stereocenters. The number of rotatable bonds is 4. The monoisotopic (exact) mass is 222 g/mol. The van der Waals surface area contributed by atoms with Crippen molar-refractivity contribution in [3.63, 3.8) is 0 Å². The van der Waals surface area contributed by atoms with Crippen LogP contribution in [-0.2, 0) is 4.74 Å². The van der Waals surface area contributed by atoms with E-state index in [0.717, 1.165) is 6.42 Å². The van der Waals surface area contributed by atoms with Crippen molar-refractivity contribution in [2.45, 2.75) is 44.5 Å². The summed E-state index contributed by atoms with van der Waals surface area (Å²) in [5.74, 6) is 0.539. The second-order valence-electron chi connectivity index (χ2n) is 3.52. The Morgan fingerprint density at radius 3 is 2.18 bits per heavy atom. The molecule has 2 unspecified atom stereocenters. The second kappa shape index (κ2) is 4.46. The standard InChI is InChI=1S/C9H19BrO/c1-6-8(10)7(2)9(3,4)11-5/h7-8H,6H2,1-5H3. The molecule has 0 spiro atoms. The van der Waals surface area contributed by atoms with E-state index in [4.69, 9.17) is 4.74 Å². The Morgan fingerprint density at radius 1 is 1.45 bits per heavy atom. The van der Waals surface area contributed by atoms with Gasteiger partial charge in [0.1, 0.15) is 0 Å². The maximum atomic E-state index is 5.39. The first-order valence-corrected chi connectivity index (χ1v) is 5.06. The smallest absolute Gasteiger partial charge is 0.0658 e. The molecule has 1 nitrogen and oxygen atoms in total. The molecular weight excluding hydrogens is 204 g/mol. The molecule has 0 fully saturated rings. The molecule has 0 bridgehead atoms. The Bertz CT molecular complexity index is 112. The molecule has 0 aliphatic rings. The molecule has 0 rings (SSSR count). The summed E-state index contributed by atoms with van der Waals surface area (Å²) in [6.45, 7) is 8.65. The number of alkyl halides is 1. The number of halogens is 1. The predicted octanol–water partition coefficient (Wildman–Crippen LogP) is 3.22. The van der Waals surface area contributed by atoms with Gasteiger partial charge in [0.05, 0.1) is 5.60 Å². The largest absolute Gasteiger partial charge is 0.378 e. The van der Waals surface area contributed by atoms with Crippen molar-refractivity contribution in [2.24, 2.45) is 5.92 Å². The van der Waals surface area contributed by atoms with Crippen LogP contribution >= 0.6 is 15.9 Å². The molecule has 0 aromatic rings. The van der Waals surface area contributed by atoms with Crippen LogP contribution in [0.4, 0.5) is 0 Å². The van der Waals surface area contributed by atoms with E-state index in [9.17, 15) is 0 Å². The van der Waals surface area contributed by atoms with Gasteiger partial charge in [-0.1, -0.05) is 29.8 Å². The molecule has 0 radical (unpaired) electrons. The fraction of sp³-hybridized carbons (Fsp3) is 1.00. The van der Waals surface area contributed by atoms with E-state index in [1.807, 2.05) is 0 Å². The van der Waals surface area contributed by atoms with Gasteiger partial charge in [0.2, 0.25) is 0 Å². The molecule has 0 aliphatic carbocycles. The van der Waals surface area contributed by atoms with Crippen molar-refractivity contribution in [3.8, 4) is 0 Å². The third-order valence-corrected chi connectivity index (χ3v) is 4.00. The Balaban J connectivity index is 4.10. The lowest BCUT2D eigenvalue weighted by Gasteiger charge is -2.33. The summed E-state index contributed by atoms with van der Waals surface area (Å²) in [6.07, 6.45) is 1.15. The predicted molar refractivity (Wildman–Crippen MR) is 53.3 cm³/mol. The minimum Gasteiger partial charge on any atom is -0.378 e. The molecule has 68 valence electrons. The number of methoxy groups -OCH3 is 1. The SMILES string of the molecule is CCC(Br)C(C)C(C)(C)OC. The van der Waals surface area contributed by atoms with E-state index >= 15 is 0 Å². The van der Waals surface area contributed by atoms with Gasteiger partial charge in [0, 0.05) is 11.9 Å². The van der Waals surface area contributed by atoms with Gasteiger partial charge in [0.15, 0.2) is 0 Å². The van der Waals surface area contributed by atoms with E-state index < -0.39 is 0 Å². The van der Waals surface area contributed by atoms with Gasteiger partial charge >= 0.3 is 0 Å². The van der Waals surface area contributed by atoms with Gasteiger partial charge < -0.3 is 4.74 Å². The molecule has 2 heteroatoms. The van der Waals surface area contributed by atoms with Crippen molar-refractivity contribution in [1.82, 2.24) is 0 Å². The summed E-state index contributed by atoms with van der Waals surface area (Å²) in [5.41, 5.74) is -0.0236. The van der Waals surface area contributed by atoms with E-state index in [0.29, 0.717) is 10.7 Å². The average Bonchev–Trinajstić information content (AvgIpc) is 2.01. The summed E-state index contributed by atoms with van der Waals surface area (Å²) in [7, 11) is 1.77. The maximum Gasteiger partial charge on any atom is 0.0658 e. The highest BCUT2D eigenvalue weighted by Crippen LogP contribution is 2.28. The minimum absolute atomic E-state index is 0.0236. The molecule has 0 aromatic carbocycles. The lowest BCUT2D eigenvalue weighted by Crippen LogP contribution is -2.36. The topological polar surface area (TPSA) is 9.23 Å². The van der Waals surface area contributed by atoms with Crippen LogP contribution in [-0.4, -0.2) is 17.5 Å². The first kappa shape index (κ1) is 11.4. The Kier molecular flexibility index (Phi) is 4.64. The van der Waals surface area contributed by atoms with Crippen LogP contribution in [0, 0.1) is 5.92 Å². The van der Waals surface area contributed by atoms with Crippen LogP contribution in [0.5, 0.6) is 0 Å². The molecule has 0 amide bonds. The van der Waals surface area contributed by atoms with Crippen LogP contribution in [0.2, 0.25) is 0 Å². The van der Waals surface area contributed by atoms with Crippen molar-refractivity contribution >= 4 is 15.9 Å². The highest BCUT2D eigenvalue weighted by molar-refractivity contribution is 9.09. The molecule has 0 aromatic heterocycles. The lowest BCUT2D eigenvalue weighted by atomic mass is 9.89. The molecule has 0 saturated carbocycles. The zero-order valence-electron chi connectivity index (χ0n) is 8.15. The van der Waals surface area contributed by atoms with Gasteiger partial charge in [0.25, 0.3) is 0 Å². The number of ether oxygens (including phenoxy) is 1. The zero-order chi connectivity index (χ0) is 9.07. The summed E-state index contributed by atoms with van der Waals surface area (Å²) in [6, 6.07) is 0. The second-order valence-corrected chi connectivity index (χ2v) is 4.70. The highest BCUT2D eigenvalue weighted by atomic mass is 79.9. The summed E-state index contributed by atoms with van der Waals surface area (Å²) >= 11 is 3.64. The van der Waals surface area contributed by atoms with E-state index in [2.05, 4.69) is 43.6 Å². The number of hydrogen-bond acceptors (Lipinski definition) is 1. The quantitative estimate of drug-likeness (QED) is 0.665. The minimum atomic E-state index is -0.0236. The van der Waals surface area contributed by atoms with Gasteiger partial charge in [-0.15, -0.1) is 0 Å². The molecule has 0 N–H and O–H groups in total. The number of hydrogen-bond donors (Lipinski definition) is 0. The Morgan fingerprint density at radius 2 is 1.91 bits per heavy atom. The first-order valence-electron chi connectivity index (χ1n) is 4.15. The first-order chi connectivity index (χ1) is 4.95. The lowest BCUT2D eigenvalue weighted by molar-refractivity contribution is -0.0219. The van der Waals surface area contributed by atoms with Crippen LogP contribution in [0.15, 0.2) is 0 Å². The fourth-order valence-corrected chi connectivity index (χ4v) is 1.61. The normalized spacial score (nSPS) is 18.0. The summed E-state index contributed by atoms with van der Waals surface area (Å²) in [5, 5.41) is 0. The zero-order valence-corrected chi connectivity index (χ0v) is 9.73. The highest BCUT2D eigenvalue weighted by Gasteiger charge is 2.29. The Labute approximate surface area is 78.6 Å². The summed E-state index contributed by atoms with van der Waals surface area (Å²) in [4.78, 5) is 0.553. The van der Waals surface area contributed by atoms with Crippen LogP contribution < -0.4 is 0 Å². The van der Waals surface area contributed by atoms with Crippen molar-refractivity contribution in [3.05, 3.63) is 0 Å². The third-order valence-electron chi connectivity index (χ3n) is 2.56. The molecule has 0 saturated heterocycles. The Hall–Kier alpha value is 0.440. The van der Waals surface area contributed by atoms with Crippen LogP contribution in [0.1, 0.15) is 34.1 Å². The summed E-state index contributed by atoms with van der Waals surface area (Å²) < 4.78 is 5.39. The van der Waals surface area contributed by atoms with Crippen molar-refractivity contribution < 1.29 is 4.74 Å².